The van der Waals surface area contributed by atoms with Gasteiger partial charge in [0.25, 0.3) is 0 Å². The van der Waals surface area contributed by atoms with Gasteiger partial charge in [0.15, 0.2) is 11.6 Å². The van der Waals surface area contributed by atoms with Crippen LogP contribution in [0.25, 0.3) is 100 Å². The van der Waals surface area contributed by atoms with Crippen LogP contribution in [-0.2, 0) is 0 Å². The highest BCUT2D eigenvalue weighted by molar-refractivity contribution is 6.28. The summed E-state index contributed by atoms with van der Waals surface area (Å²) in [6.45, 7) is 0. The minimum Gasteiger partial charge on any atom is -0.309 e. The summed E-state index contributed by atoms with van der Waals surface area (Å²) >= 11 is 0. The standard InChI is InChI=1S/C51H33N5/c1-4-16-34(17-5-1)36-20-14-21-37(32-36)38-22-15-23-39(33-38)50-52-49(35-18-6-2-7-19-35)53-51(54-50)56-44-29-13-11-27-42(44)48-46(56)31-30-45-47(48)41-26-10-12-28-43(41)55(45)40-24-8-3-9-25-40/h1-33H. The molecule has 0 radical (unpaired) electrons. The van der Waals surface area contributed by atoms with Crippen LogP contribution in [0.4, 0.5) is 0 Å². The van der Waals surface area contributed by atoms with Gasteiger partial charge in [0.05, 0.1) is 22.1 Å². The smallest absolute Gasteiger partial charge is 0.238 e. The van der Waals surface area contributed by atoms with Gasteiger partial charge in [0.1, 0.15) is 0 Å². The number of benzene rings is 8. The van der Waals surface area contributed by atoms with Gasteiger partial charge in [-0.3, -0.25) is 4.57 Å². The molecule has 0 saturated heterocycles. The Bertz CT molecular complexity index is 3240. The lowest BCUT2D eigenvalue weighted by atomic mass is 9.98. The number of nitrogens with zero attached hydrogens (tertiary/aromatic N) is 5. The summed E-state index contributed by atoms with van der Waals surface area (Å²) < 4.78 is 4.58. The van der Waals surface area contributed by atoms with Gasteiger partial charge in [-0.1, -0.05) is 152 Å². The zero-order valence-electron chi connectivity index (χ0n) is 30.3. The Labute approximate surface area is 323 Å². The van der Waals surface area contributed by atoms with Crippen LogP contribution in [0.3, 0.4) is 0 Å². The molecule has 0 unspecified atom stereocenters. The first kappa shape index (κ1) is 31.9. The van der Waals surface area contributed by atoms with Crippen molar-refractivity contribution in [2.24, 2.45) is 0 Å². The lowest BCUT2D eigenvalue weighted by Crippen LogP contribution is -2.06. The largest absolute Gasteiger partial charge is 0.309 e. The fraction of sp³-hybridized carbons (Fsp3) is 0. The molecule has 3 heterocycles. The molecule has 56 heavy (non-hydrogen) atoms. The molecule has 11 rings (SSSR count). The van der Waals surface area contributed by atoms with Crippen LogP contribution in [-0.4, -0.2) is 24.1 Å². The molecule has 3 aromatic heterocycles. The van der Waals surface area contributed by atoms with E-state index in [1.807, 2.05) is 24.3 Å². The summed E-state index contributed by atoms with van der Waals surface area (Å²) in [4.78, 5) is 15.7. The fourth-order valence-corrected chi connectivity index (χ4v) is 8.25. The molecule has 0 spiro atoms. The summed E-state index contributed by atoms with van der Waals surface area (Å²) in [5.74, 6) is 1.81. The van der Waals surface area contributed by atoms with Crippen molar-refractivity contribution in [2.45, 2.75) is 0 Å². The average Bonchev–Trinajstić information content (AvgIpc) is 3.80. The molecule has 0 N–H and O–H groups in total. The van der Waals surface area contributed by atoms with Gasteiger partial charge in [0, 0.05) is 38.4 Å². The minimum absolute atomic E-state index is 0.572. The van der Waals surface area contributed by atoms with Crippen molar-refractivity contribution in [1.29, 1.82) is 0 Å². The van der Waals surface area contributed by atoms with E-state index in [1.165, 1.54) is 32.8 Å². The van der Waals surface area contributed by atoms with Gasteiger partial charge in [-0.05, 0) is 70.8 Å². The predicted molar refractivity (Wildman–Crippen MR) is 230 cm³/mol. The second kappa shape index (κ2) is 13.0. The van der Waals surface area contributed by atoms with Crippen molar-refractivity contribution >= 4 is 43.6 Å². The van der Waals surface area contributed by atoms with Gasteiger partial charge in [0.2, 0.25) is 5.95 Å². The van der Waals surface area contributed by atoms with Gasteiger partial charge >= 0.3 is 0 Å². The Kier molecular flexibility index (Phi) is 7.42. The quantitative estimate of drug-likeness (QED) is 0.172. The third kappa shape index (κ3) is 5.21. The van der Waals surface area contributed by atoms with Crippen LogP contribution < -0.4 is 0 Å². The molecular formula is C51H33N5. The Hall–Kier alpha value is -7.63. The summed E-state index contributed by atoms with van der Waals surface area (Å²) in [7, 11) is 0. The van der Waals surface area contributed by atoms with Gasteiger partial charge in [-0.2, -0.15) is 9.97 Å². The highest BCUT2D eigenvalue weighted by Gasteiger charge is 2.22. The van der Waals surface area contributed by atoms with Crippen molar-refractivity contribution in [1.82, 2.24) is 24.1 Å². The zero-order valence-corrected chi connectivity index (χ0v) is 30.3. The first-order chi connectivity index (χ1) is 27.8. The van der Waals surface area contributed by atoms with Gasteiger partial charge in [-0.15, -0.1) is 0 Å². The third-order valence-electron chi connectivity index (χ3n) is 10.8. The van der Waals surface area contributed by atoms with Crippen LogP contribution in [0, 0.1) is 0 Å². The monoisotopic (exact) mass is 715 g/mol. The van der Waals surface area contributed by atoms with Crippen LogP contribution in [0.5, 0.6) is 0 Å². The molecule has 0 amide bonds. The van der Waals surface area contributed by atoms with Gasteiger partial charge < -0.3 is 4.57 Å². The first-order valence-corrected chi connectivity index (χ1v) is 18.9. The summed E-state index contributed by atoms with van der Waals surface area (Å²) in [6, 6.07) is 70.3. The number of aromatic nitrogens is 5. The highest BCUT2D eigenvalue weighted by Crippen LogP contribution is 2.42. The number of hydrogen-bond donors (Lipinski definition) is 0. The normalized spacial score (nSPS) is 11.6. The lowest BCUT2D eigenvalue weighted by molar-refractivity contribution is 0.953. The molecule has 5 nitrogen and oxygen atoms in total. The van der Waals surface area contributed by atoms with E-state index < -0.39 is 0 Å². The van der Waals surface area contributed by atoms with E-state index in [1.54, 1.807) is 0 Å². The van der Waals surface area contributed by atoms with E-state index >= 15 is 0 Å². The second-order valence-electron chi connectivity index (χ2n) is 14.1. The van der Waals surface area contributed by atoms with E-state index in [4.69, 9.17) is 15.0 Å². The van der Waals surface area contributed by atoms with E-state index in [9.17, 15) is 0 Å². The van der Waals surface area contributed by atoms with Crippen molar-refractivity contribution < 1.29 is 0 Å². The van der Waals surface area contributed by atoms with E-state index in [2.05, 4.69) is 185 Å². The van der Waals surface area contributed by atoms with Crippen molar-refractivity contribution in [3.8, 4) is 56.7 Å². The molecule has 8 aromatic carbocycles. The molecule has 0 aliphatic heterocycles. The molecule has 0 atom stereocenters. The van der Waals surface area contributed by atoms with Crippen LogP contribution in [0.1, 0.15) is 0 Å². The molecule has 0 bridgehead atoms. The van der Waals surface area contributed by atoms with Gasteiger partial charge in [-0.25, -0.2) is 4.98 Å². The number of hydrogen-bond acceptors (Lipinski definition) is 3. The van der Waals surface area contributed by atoms with E-state index in [0.717, 1.165) is 49.9 Å². The molecular weight excluding hydrogens is 683 g/mol. The van der Waals surface area contributed by atoms with Crippen molar-refractivity contribution in [3.05, 3.63) is 200 Å². The topological polar surface area (TPSA) is 48.5 Å². The molecule has 0 aliphatic rings. The molecule has 262 valence electrons. The summed E-state index contributed by atoms with van der Waals surface area (Å²) in [5, 5.41) is 4.73. The summed E-state index contributed by atoms with van der Waals surface area (Å²) in [6.07, 6.45) is 0. The highest BCUT2D eigenvalue weighted by atomic mass is 15.2. The van der Waals surface area contributed by atoms with Crippen molar-refractivity contribution in [3.63, 3.8) is 0 Å². The van der Waals surface area contributed by atoms with E-state index in [-0.39, 0.29) is 0 Å². The molecule has 5 heteroatoms. The maximum absolute atomic E-state index is 5.30. The number of rotatable bonds is 6. The van der Waals surface area contributed by atoms with Crippen LogP contribution >= 0.6 is 0 Å². The number of fused-ring (bicyclic) bond motifs is 7. The number of para-hydroxylation sites is 3. The lowest BCUT2D eigenvalue weighted by Gasteiger charge is -2.12. The zero-order chi connectivity index (χ0) is 37.0. The van der Waals surface area contributed by atoms with Crippen molar-refractivity contribution in [2.75, 3.05) is 0 Å². The summed E-state index contributed by atoms with van der Waals surface area (Å²) in [5.41, 5.74) is 12.0. The third-order valence-corrected chi connectivity index (χ3v) is 10.8. The Morgan fingerprint density at radius 2 is 0.714 bits per heavy atom. The molecule has 0 saturated carbocycles. The predicted octanol–water partition coefficient (Wildman–Crippen LogP) is 12.7. The minimum atomic E-state index is 0.572. The van der Waals surface area contributed by atoms with Crippen LogP contribution in [0.2, 0.25) is 0 Å². The average molecular weight is 716 g/mol. The van der Waals surface area contributed by atoms with Crippen LogP contribution in [0.15, 0.2) is 200 Å². The first-order valence-electron chi connectivity index (χ1n) is 18.9. The second-order valence-corrected chi connectivity index (χ2v) is 14.1. The fourth-order valence-electron chi connectivity index (χ4n) is 8.25. The Balaban J connectivity index is 1.15. The Morgan fingerprint density at radius 3 is 1.34 bits per heavy atom. The maximum atomic E-state index is 5.30. The Morgan fingerprint density at radius 1 is 0.286 bits per heavy atom. The van der Waals surface area contributed by atoms with E-state index in [0.29, 0.717) is 17.6 Å². The maximum Gasteiger partial charge on any atom is 0.238 e. The molecule has 11 aromatic rings. The molecule has 0 fully saturated rings. The molecule has 0 aliphatic carbocycles. The SMILES string of the molecule is c1ccc(-c2cccc(-c3cccc(-c4nc(-c5ccccc5)nc(-n5c6ccccc6c6c7c8ccccc8n(-c8ccccc8)c7ccc65)n4)c3)c2)cc1.